The summed E-state index contributed by atoms with van der Waals surface area (Å²) in [5.41, 5.74) is 4.65. The van der Waals surface area contributed by atoms with Crippen molar-refractivity contribution in [1.82, 2.24) is 14.9 Å². The fourth-order valence-corrected chi connectivity index (χ4v) is 6.03. The summed E-state index contributed by atoms with van der Waals surface area (Å²) in [5.74, 6) is 2.92. The van der Waals surface area contributed by atoms with E-state index in [1.54, 1.807) is 23.9 Å². The Balaban J connectivity index is 1.27. The van der Waals surface area contributed by atoms with Crippen LogP contribution in [0.4, 0.5) is 11.6 Å². The third kappa shape index (κ3) is 5.90. The highest BCUT2D eigenvalue weighted by atomic mass is 32.2. The van der Waals surface area contributed by atoms with Gasteiger partial charge in [-0.3, -0.25) is 15.0 Å². The summed E-state index contributed by atoms with van der Waals surface area (Å²) in [7, 11) is 0. The van der Waals surface area contributed by atoms with Gasteiger partial charge in [-0.2, -0.15) is 10.2 Å². The van der Waals surface area contributed by atoms with Crippen LogP contribution in [-0.2, 0) is 13.0 Å². The molecular weight excluding hydrogens is 500 g/mol. The summed E-state index contributed by atoms with van der Waals surface area (Å²) in [6.45, 7) is 6.52. The smallest absolute Gasteiger partial charge is 0.269 e. The Morgan fingerprint density at radius 3 is 2.55 bits per heavy atom. The maximum absolute atomic E-state index is 10.9. The van der Waals surface area contributed by atoms with Crippen LogP contribution in [0.5, 0.6) is 11.6 Å². The van der Waals surface area contributed by atoms with Crippen LogP contribution in [0.25, 0.3) is 0 Å². The number of nitrogens with zero attached hydrogens (tertiary/aromatic N) is 5. The number of aryl methyl sites for hydroxylation is 3. The first-order valence-electron chi connectivity index (χ1n) is 12.8. The summed E-state index contributed by atoms with van der Waals surface area (Å²) >= 11 is 1.74. The Morgan fingerprint density at radius 2 is 1.89 bits per heavy atom. The van der Waals surface area contributed by atoms with E-state index >= 15 is 0 Å². The van der Waals surface area contributed by atoms with Gasteiger partial charge in [0.15, 0.2) is 0 Å². The molecule has 0 aliphatic carbocycles. The summed E-state index contributed by atoms with van der Waals surface area (Å²) in [6.07, 6.45) is 3.87. The van der Waals surface area contributed by atoms with Crippen molar-refractivity contribution in [3.63, 3.8) is 0 Å². The highest BCUT2D eigenvalue weighted by molar-refractivity contribution is 7.99. The van der Waals surface area contributed by atoms with Crippen LogP contribution >= 0.6 is 11.8 Å². The molecule has 1 saturated heterocycles. The number of thioether (sulfide) groups is 1. The first kappa shape index (κ1) is 25.9. The largest absolute Gasteiger partial charge is 0.437 e. The summed E-state index contributed by atoms with van der Waals surface area (Å²) in [5, 5.41) is 23.7. The van der Waals surface area contributed by atoms with Gasteiger partial charge in [0.05, 0.1) is 27.1 Å². The lowest BCUT2D eigenvalue weighted by Crippen LogP contribution is -2.39. The molecule has 2 aromatic carbocycles. The number of ether oxygens (including phenoxy) is 1. The maximum atomic E-state index is 10.9. The number of nitro benzene ring substituents is 1. The van der Waals surface area contributed by atoms with Gasteiger partial charge >= 0.3 is 0 Å². The zero-order chi connectivity index (χ0) is 26.6. The zero-order valence-electron chi connectivity index (χ0n) is 21.6. The number of rotatable bonds is 7. The van der Waals surface area contributed by atoms with Crippen LogP contribution in [-0.4, -0.2) is 44.7 Å². The number of aromatic nitrogens is 2. The topological polar surface area (TPSA) is 117 Å². The van der Waals surface area contributed by atoms with Crippen molar-refractivity contribution < 1.29 is 9.66 Å². The molecule has 0 amide bonds. The van der Waals surface area contributed by atoms with Crippen molar-refractivity contribution in [1.29, 1.82) is 5.26 Å². The summed E-state index contributed by atoms with van der Waals surface area (Å²) in [4.78, 5) is 23.6. The molecule has 1 N–H and O–H groups in total. The molecule has 0 bridgehead atoms. The second kappa shape index (κ2) is 11.4. The van der Waals surface area contributed by atoms with E-state index in [2.05, 4.69) is 16.3 Å². The van der Waals surface area contributed by atoms with Gasteiger partial charge in [0.25, 0.3) is 5.69 Å². The monoisotopic (exact) mass is 530 g/mol. The molecule has 0 saturated carbocycles. The third-order valence-electron chi connectivity index (χ3n) is 6.97. The molecule has 9 nitrogen and oxygen atoms in total. The summed E-state index contributed by atoms with van der Waals surface area (Å²) < 4.78 is 6.40. The molecule has 5 rings (SSSR count). The van der Waals surface area contributed by atoms with Crippen molar-refractivity contribution in [2.24, 2.45) is 0 Å². The zero-order valence-corrected chi connectivity index (χ0v) is 22.4. The van der Waals surface area contributed by atoms with Gasteiger partial charge in [0.2, 0.25) is 11.8 Å². The average Bonchev–Trinajstić information content (AvgIpc) is 2.92. The molecule has 0 unspecified atom stereocenters. The van der Waals surface area contributed by atoms with Crippen LogP contribution in [0, 0.1) is 35.3 Å². The van der Waals surface area contributed by atoms with Crippen molar-refractivity contribution in [2.45, 2.75) is 57.0 Å². The van der Waals surface area contributed by atoms with E-state index in [0.29, 0.717) is 17.4 Å². The minimum atomic E-state index is -0.369. The molecule has 3 heterocycles. The molecule has 0 spiro atoms. The van der Waals surface area contributed by atoms with E-state index < -0.39 is 0 Å². The lowest BCUT2D eigenvalue weighted by Gasteiger charge is -2.32. The van der Waals surface area contributed by atoms with Crippen LogP contribution in [0.3, 0.4) is 0 Å². The minimum absolute atomic E-state index is 0.118. The van der Waals surface area contributed by atoms with Crippen LogP contribution < -0.4 is 10.1 Å². The molecule has 3 aromatic rings. The maximum Gasteiger partial charge on any atom is 0.269 e. The number of nitrogens with one attached hydrogen (secondary N) is 1. The van der Waals surface area contributed by atoms with Crippen LogP contribution in [0.2, 0.25) is 0 Å². The molecule has 10 heteroatoms. The molecule has 0 atom stereocenters. The molecule has 38 heavy (non-hydrogen) atoms. The number of likely N-dealkylation sites (tertiary alicyclic amines) is 1. The highest BCUT2D eigenvalue weighted by Crippen LogP contribution is 2.40. The average molecular weight is 531 g/mol. The van der Waals surface area contributed by atoms with E-state index in [0.717, 1.165) is 84.1 Å². The first-order chi connectivity index (χ1) is 18.4. The van der Waals surface area contributed by atoms with Gasteiger partial charge < -0.3 is 10.1 Å². The molecule has 2 aliphatic heterocycles. The molecule has 1 fully saturated rings. The quantitative estimate of drug-likeness (QED) is 0.299. The van der Waals surface area contributed by atoms with Gasteiger partial charge in [0, 0.05) is 37.8 Å². The number of hydrogen-bond donors (Lipinski definition) is 1. The Hall–Kier alpha value is -3.68. The molecule has 2 aliphatic rings. The fourth-order valence-electron chi connectivity index (χ4n) is 5.01. The van der Waals surface area contributed by atoms with Gasteiger partial charge in [-0.15, -0.1) is 11.8 Å². The Bertz CT molecular complexity index is 1360. The van der Waals surface area contributed by atoms with E-state index in [1.807, 2.05) is 38.1 Å². The normalized spacial score (nSPS) is 15.9. The molecular formula is C28H30N6O3S. The standard InChI is InChI=1S/C28H30N6O3S/c1-18-14-21(16-29)15-19(2)25(18)37-27-26-24(4-3-13-38-26)31-28(32-27)30-22-9-11-33(12-10-22)17-20-5-7-23(8-6-20)34(35)36/h5-8,14-15,22H,3-4,9-13,17H2,1-2H3,(H,30,31,32). The van der Waals surface area contributed by atoms with Crippen LogP contribution in [0.1, 0.15) is 47.2 Å². The third-order valence-corrected chi connectivity index (χ3v) is 8.16. The van der Waals surface area contributed by atoms with Crippen molar-refractivity contribution in [2.75, 3.05) is 24.2 Å². The molecule has 1 aromatic heterocycles. The second-order valence-electron chi connectivity index (χ2n) is 9.85. The number of fused-ring (bicyclic) bond motifs is 1. The number of hydrogen-bond acceptors (Lipinski definition) is 9. The van der Waals surface area contributed by atoms with Gasteiger partial charge in [-0.1, -0.05) is 12.1 Å². The Kier molecular flexibility index (Phi) is 7.77. The van der Waals surface area contributed by atoms with E-state index in [1.165, 1.54) is 0 Å². The number of nitriles is 1. The SMILES string of the molecule is Cc1cc(C#N)cc(C)c1Oc1nc(NC2CCN(Cc3ccc([N+](=O)[O-])cc3)CC2)nc2c1SCCC2. The highest BCUT2D eigenvalue weighted by Gasteiger charge is 2.24. The number of benzene rings is 2. The molecule has 0 radical (unpaired) electrons. The lowest BCUT2D eigenvalue weighted by molar-refractivity contribution is -0.384. The van der Waals surface area contributed by atoms with Gasteiger partial charge in [-0.05, 0) is 74.1 Å². The van der Waals surface area contributed by atoms with Gasteiger partial charge in [-0.25, -0.2) is 4.98 Å². The van der Waals surface area contributed by atoms with Crippen molar-refractivity contribution >= 4 is 23.4 Å². The number of piperidine rings is 1. The van der Waals surface area contributed by atoms with Gasteiger partial charge in [0.1, 0.15) is 5.75 Å². The second-order valence-corrected chi connectivity index (χ2v) is 11.0. The predicted octanol–water partition coefficient (Wildman–Crippen LogP) is 5.78. The lowest BCUT2D eigenvalue weighted by atomic mass is 10.0. The number of non-ortho nitro benzene ring substituents is 1. The minimum Gasteiger partial charge on any atom is -0.437 e. The Labute approximate surface area is 226 Å². The molecule has 196 valence electrons. The van der Waals surface area contributed by atoms with E-state index in [4.69, 9.17) is 14.7 Å². The van der Waals surface area contributed by atoms with Crippen molar-refractivity contribution in [3.05, 3.63) is 74.5 Å². The fraction of sp³-hybridized carbons (Fsp3) is 0.393. The number of nitro groups is 1. The number of anilines is 1. The van der Waals surface area contributed by atoms with E-state index in [9.17, 15) is 15.4 Å². The summed E-state index contributed by atoms with van der Waals surface area (Å²) in [6, 6.07) is 12.9. The van der Waals surface area contributed by atoms with Crippen molar-refractivity contribution in [3.8, 4) is 17.7 Å². The van der Waals surface area contributed by atoms with E-state index in [-0.39, 0.29) is 16.7 Å². The Morgan fingerprint density at radius 1 is 1.18 bits per heavy atom. The first-order valence-corrected chi connectivity index (χ1v) is 13.8. The predicted molar refractivity (Wildman–Crippen MR) is 147 cm³/mol. The van der Waals surface area contributed by atoms with Crippen LogP contribution in [0.15, 0.2) is 41.3 Å².